The van der Waals surface area contributed by atoms with E-state index in [9.17, 15) is 4.79 Å². The Kier molecular flexibility index (Phi) is 4.18. The Morgan fingerprint density at radius 1 is 1.50 bits per heavy atom. The van der Waals surface area contributed by atoms with Crippen LogP contribution in [0.5, 0.6) is 0 Å². The van der Waals surface area contributed by atoms with E-state index in [-0.39, 0.29) is 5.91 Å². The van der Waals surface area contributed by atoms with Gasteiger partial charge in [0.25, 0.3) is 0 Å². The third kappa shape index (κ3) is 3.00. The molecule has 0 aromatic carbocycles. The maximum absolute atomic E-state index is 12.1. The lowest BCUT2D eigenvalue weighted by atomic mass is 10.0. The van der Waals surface area contributed by atoms with Crippen molar-refractivity contribution in [3.8, 4) is 0 Å². The number of nitrogen functional groups attached to an aromatic ring is 1. The van der Waals surface area contributed by atoms with E-state index in [1.54, 1.807) is 30.4 Å². The fourth-order valence-electron chi connectivity index (χ4n) is 2.63. The normalized spacial score (nSPS) is 15.8. The highest BCUT2D eigenvalue weighted by atomic mass is 16.2. The minimum absolute atomic E-state index is 0.139. The molecule has 98 valence electrons. The van der Waals surface area contributed by atoms with E-state index < -0.39 is 0 Å². The number of nitrogens with two attached hydrogens (primary N) is 1. The number of pyridine rings is 1. The van der Waals surface area contributed by atoms with Crippen LogP contribution in [0.15, 0.2) is 18.5 Å². The number of aromatic nitrogens is 1. The third-order valence-corrected chi connectivity index (χ3v) is 3.80. The van der Waals surface area contributed by atoms with Gasteiger partial charge in [-0.3, -0.25) is 9.78 Å². The summed E-state index contributed by atoms with van der Waals surface area (Å²) in [4.78, 5) is 17.7. The molecule has 1 heterocycles. The van der Waals surface area contributed by atoms with E-state index in [1.807, 2.05) is 0 Å². The molecule has 1 amide bonds. The van der Waals surface area contributed by atoms with Crippen LogP contribution >= 0.6 is 0 Å². The topological polar surface area (TPSA) is 59.2 Å². The van der Waals surface area contributed by atoms with Gasteiger partial charge in [-0.15, -0.1) is 0 Å². The molecule has 4 heteroatoms. The smallest absolute Gasteiger partial charge is 0.226 e. The molecule has 2 rings (SSSR count). The van der Waals surface area contributed by atoms with Gasteiger partial charge in [-0.05, 0) is 18.4 Å². The molecule has 1 saturated carbocycles. The Hall–Kier alpha value is -1.58. The number of hydrogen-bond acceptors (Lipinski definition) is 3. The molecule has 1 aliphatic carbocycles. The standard InChI is InChI=1S/C14H21N3O/c1-17(13-8-9-16-10-12(13)15)14(18)7-6-11-4-2-3-5-11/h8-11H,2-7,15H2,1H3. The molecule has 0 saturated heterocycles. The molecular formula is C14H21N3O. The van der Waals surface area contributed by atoms with Crippen LogP contribution in [0.1, 0.15) is 38.5 Å². The average Bonchev–Trinajstić information content (AvgIpc) is 2.89. The average molecular weight is 247 g/mol. The number of rotatable bonds is 4. The van der Waals surface area contributed by atoms with E-state index in [1.165, 1.54) is 25.7 Å². The summed E-state index contributed by atoms with van der Waals surface area (Å²) in [6.45, 7) is 0. The van der Waals surface area contributed by atoms with Crippen LogP contribution in [0, 0.1) is 5.92 Å². The zero-order chi connectivity index (χ0) is 13.0. The van der Waals surface area contributed by atoms with E-state index in [0.717, 1.165) is 18.0 Å². The number of carbonyl (C=O) groups excluding carboxylic acids is 1. The number of nitrogens with zero attached hydrogens (tertiary/aromatic N) is 2. The van der Waals surface area contributed by atoms with Gasteiger partial charge in [-0.1, -0.05) is 25.7 Å². The first-order valence-corrected chi connectivity index (χ1v) is 6.64. The highest BCUT2D eigenvalue weighted by Gasteiger charge is 2.18. The monoisotopic (exact) mass is 247 g/mol. The van der Waals surface area contributed by atoms with Gasteiger partial charge in [-0.2, -0.15) is 0 Å². The van der Waals surface area contributed by atoms with Crippen molar-refractivity contribution in [2.45, 2.75) is 38.5 Å². The summed E-state index contributed by atoms with van der Waals surface area (Å²) < 4.78 is 0. The van der Waals surface area contributed by atoms with Crippen molar-refractivity contribution in [3.63, 3.8) is 0 Å². The maximum Gasteiger partial charge on any atom is 0.226 e. The summed E-state index contributed by atoms with van der Waals surface area (Å²) in [5.74, 6) is 0.886. The Bertz CT molecular complexity index is 413. The molecule has 0 atom stereocenters. The molecule has 1 aliphatic rings. The van der Waals surface area contributed by atoms with Gasteiger partial charge in [0.05, 0.1) is 17.6 Å². The molecular weight excluding hydrogens is 226 g/mol. The summed E-state index contributed by atoms with van der Waals surface area (Å²) in [6.07, 6.45) is 10.1. The van der Waals surface area contributed by atoms with Gasteiger partial charge in [0, 0.05) is 19.7 Å². The SMILES string of the molecule is CN(C(=O)CCC1CCCC1)c1ccncc1N. The predicted molar refractivity (Wildman–Crippen MR) is 73.3 cm³/mol. The van der Waals surface area contributed by atoms with E-state index in [2.05, 4.69) is 4.98 Å². The Morgan fingerprint density at radius 2 is 2.22 bits per heavy atom. The van der Waals surface area contributed by atoms with Gasteiger partial charge >= 0.3 is 0 Å². The van der Waals surface area contributed by atoms with Crippen LogP contribution in [0.4, 0.5) is 11.4 Å². The first-order valence-electron chi connectivity index (χ1n) is 6.64. The van der Waals surface area contributed by atoms with Crippen molar-refractivity contribution in [1.82, 2.24) is 4.98 Å². The van der Waals surface area contributed by atoms with Crippen LogP contribution in [0.3, 0.4) is 0 Å². The van der Waals surface area contributed by atoms with Crippen molar-refractivity contribution in [2.75, 3.05) is 17.7 Å². The third-order valence-electron chi connectivity index (χ3n) is 3.80. The second-order valence-electron chi connectivity index (χ2n) is 5.08. The van der Waals surface area contributed by atoms with E-state index in [4.69, 9.17) is 5.73 Å². The number of hydrogen-bond donors (Lipinski definition) is 1. The molecule has 0 spiro atoms. The van der Waals surface area contributed by atoms with E-state index in [0.29, 0.717) is 12.1 Å². The van der Waals surface area contributed by atoms with E-state index >= 15 is 0 Å². The minimum atomic E-state index is 0.139. The Labute approximate surface area is 108 Å². The Balaban J connectivity index is 1.90. The van der Waals surface area contributed by atoms with Crippen LogP contribution in [-0.4, -0.2) is 17.9 Å². The van der Waals surface area contributed by atoms with Crippen LogP contribution < -0.4 is 10.6 Å². The van der Waals surface area contributed by atoms with Gasteiger partial charge in [0.2, 0.25) is 5.91 Å². The second kappa shape index (κ2) is 5.85. The molecule has 0 bridgehead atoms. The van der Waals surface area contributed by atoms with Crippen molar-refractivity contribution in [2.24, 2.45) is 5.92 Å². The molecule has 0 radical (unpaired) electrons. The summed E-state index contributed by atoms with van der Waals surface area (Å²) in [7, 11) is 1.78. The lowest BCUT2D eigenvalue weighted by molar-refractivity contribution is -0.118. The highest BCUT2D eigenvalue weighted by Crippen LogP contribution is 2.29. The fourth-order valence-corrected chi connectivity index (χ4v) is 2.63. The molecule has 18 heavy (non-hydrogen) atoms. The predicted octanol–water partition coefficient (Wildman–Crippen LogP) is 2.60. The summed E-state index contributed by atoms with van der Waals surface area (Å²) in [6, 6.07) is 1.78. The molecule has 1 fully saturated rings. The summed E-state index contributed by atoms with van der Waals surface area (Å²) >= 11 is 0. The molecule has 0 aliphatic heterocycles. The number of carbonyl (C=O) groups is 1. The van der Waals surface area contributed by atoms with Crippen LogP contribution in [0.25, 0.3) is 0 Å². The fraction of sp³-hybridized carbons (Fsp3) is 0.571. The lowest BCUT2D eigenvalue weighted by Gasteiger charge is -2.19. The second-order valence-corrected chi connectivity index (χ2v) is 5.08. The summed E-state index contributed by atoms with van der Waals surface area (Å²) in [5, 5.41) is 0. The van der Waals surface area contributed by atoms with Gasteiger partial charge in [-0.25, -0.2) is 0 Å². The van der Waals surface area contributed by atoms with Crippen molar-refractivity contribution < 1.29 is 4.79 Å². The highest BCUT2D eigenvalue weighted by molar-refractivity contribution is 5.95. The molecule has 2 N–H and O–H groups in total. The van der Waals surface area contributed by atoms with Crippen LogP contribution in [0.2, 0.25) is 0 Å². The van der Waals surface area contributed by atoms with Gasteiger partial charge in [0.1, 0.15) is 0 Å². The van der Waals surface area contributed by atoms with Crippen molar-refractivity contribution >= 4 is 17.3 Å². The van der Waals surface area contributed by atoms with Crippen LogP contribution in [-0.2, 0) is 4.79 Å². The quantitative estimate of drug-likeness (QED) is 0.889. The lowest BCUT2D eigenvalue weighted by Crippen LogP contribution is -2.27. The minimum Gasteiger partial charge on any atom is -0.396 e. The van der Waals surface area contributed by atoms with Gasteiger partial charge in [0.15, 0.2) is 0 Å². The number of anilines is 2. The molecule has 1 aromatic rings. The summed E-state index contributed by atoms with van der Waals surface area (Å²) in [5.41, 5.74) is 7.12. The van der Waals surface area contributed by atoms with Gasteiger partial charge < -0.3 is 10.6 Å². The zero-order valence-corrected chi connectivity index (χ0v) is 10.9. The molecule has 4 nitrogen and oxygen atoms in total. The van der Waals surface area contributed by atoms with Crippen molar-refractivity contribution in [1.29, 1.82) is 0 Å². The zero-order valence-electron chi connectivity index (χ0n) is 10.9. The first-order chi connectivity index (χ1) is 8.68. The first kappa shape index (κ1) is 12.9. The largest absolute Gasteiger partial charge is 0.396 e. The number of amides is 1. The van der Waals surface area contributed by atoms with Crippen molar-refractivity contribution in [3.05, 3.63) is 18.5 Å². The molecule has 0 unspecified atom stereocenters. The Morgan fingerprint density at radius 3 is 2.89 bits per heavy atom. The molecule has 1 aromatic heterocycles. The maximum atomic E-state index is 12.1.